The molecule has 3 aromatic rings. The predicted octanol–water partition coefficient (Wildman–Crippen LogP) is 4.49. The number of nitro benzene ring substituents is 1. The van der Waals surface area contributed by atoms with Gasteiger partial charge in [-0.3, -0.25) is 19.7 Å². The number of halogens is 2. The molecule has 0 spiro atoms. The summed E-state index contributed by atoms with van der Waals surface area (Å²) in [6.45, 7) is -0.138. The quantitative estimate of drug-likeness (QED) is 0.203. The van der Waals surface area contributed by atoms with E-state index in [4.69, 9.17) is 0 Å². The minimum Gasteiger partial charge on any atom is -0.507 e. The number of non-ortho nitro benzene ring substituents is 1. The summed E-state index contributed by atoms with van der Waals surface area (Å²) in [6, 6.07) is 14.3. The summed E-state index contributed by atoms with van der Waals surface area (Å²) in [5, 5.41) is 21.8. The van der Waals surface area contributed by atoms with Crippen LogP contribution in [0.1, 0.15) is 22.7 Å². The summed E-state index contributed by atoms with van der Waals surface area (Å²) in [6.07, 6.45) is 0. The molecule has 3 aromatic carbocycles. The van der Waals surface area contributed by atoms with E-state index in [1.165, 1.54) is 60.7 Å². The number of nitrogens with zero attached hydrogens (tertiary/aromatic N) is 2. The van der Waals surface area contributed by atoms with Crippen LogP contribution in [0.4, 0.5) is 14.5 Å². The number of aliphatic hydroxyl groups excluding tert-OH is 1. The lowest BCUT2D eigenvalue weighted by Gasteiger charge is -2.25. The van der Waals surface area contributed by atoms with Gasteiger partial charge in [0, 0.05) is 29.8 Å². The number of carbonyl (C=O) groups excluding carboxylic acids is 2. The number of hydrogen-bond acceptors (Lipinski definition) is 5. The van der Waals surface area contributed by atoms with E-state index in [0.29, 0.717) is 5.56 Å². The molecule has 1 amide bonds. The van der Waals surface area contributed by atoms with E-state index >= 15 is 0 Å². The Labute approximate surface area is 186 Å². The maximum atomic E-state index is 14.8. The van der Waals surface area contributed by atoms with Crippen LogP contribution in [0.2, 0.25) is 0 Å². The zero-order chi connectivity index (χ0) is 23.7. The predicted molar refractivity (Wildman–Crippen MR) is 114 cm³/mol. The highest BCUT2D eigenvalue weighted by Gasteiger charge is 2.46. The molecule has 0 radical (unpaired) electrons. The summed E-state index contributed by atoms with van der Waals surface area (Å²) in [5.41, 5.74) is -0.0333. The fourth-order valence-corrected chi connectivity index (χ4v) is 3.75. The highest BCUT2D eigenvalue weighted by atomic mass is 19.1. The van der Waals surface area contributed by atoms with Crippen molar-refractivity contribution in [1.82, 2.24) is 4.90 Å². The first kappa shape index (κ1) is 21.8. The van der Waals surface area contributed by atoms with Crippen LogP contribution >= 0.6 is 0 Å². The SMILES string of the molecule is O=C1C(=O)N(Cc2ccc(F)cc2)C(c2ccccc2F)/C1=C(\O)c1ccc([N+](=O)[O-])cc1. The molecule has 0 aromatic heterocycles. The van der Waals surface area contributed by atoms with Crippen LogP contribution in [-0.2, 0) is 16.1 Å². The largest absolute Gasteiger partial charge is 0.507 e. The maximum Gasteiger partial charge on any atom is 0.295 e. The van der Waals surface area contributed by atoms with Gasteiger partial charge < -0.3 is 10.0 Å². The normalized spacial score (nSPS) is 17.4. The summed E-state index contributed by atoms with van der Waals surface area (Å²) >= 11 is 0. The highest BCUT2D eigenvalue weighted by molar-refractivity contribution is 6.46. The van der Waals surface area contributed by atoms with Gasteiger partial charge in [0.1, 0.15) is 17.4 Å². The van der Waals surface area contributed by atoms with Gasteiger partial charge in [0.2, 0.25) is 0 Å². The number of nitro groups is 1. The van der Waals surface area contributed by atoms with E-state index < -0.39 is 40.0 Å². The van der Waals surface area contributed by atoms with Gasteiger partial charge >= 0.3 is 0 Å². The number of ketones is 1. The minimum absolute atomic E-state index is 0.0118. The number of amides is 1. The van der Waals surface area contributed by atoms with Crippen molar-refractivity contribution in [2.24, 2.45) is 0 Å². The van der Waals surface area contributed by atoms with Crippen molar-refractivity contribution in [2.45, 2.75) is 12.6 Å². The minimum atomic E-state index is -1.26. The smallest absolute Gasteiger partial charge is 0.295 e. The van der Waals surface area contributed by atoms with Crippen LogP contribution < -0.4 is 0 Å². The lowest BCUT2D eigenvalue weighted by Crippen LogP contribution is -2.29. The second-order valence-electron chi connectivity index (χ2n) is 7.38. The van der Waals surface area contributed by atoms with Crippen molar-refractivity contribution >= 4 is 23.1 Å². The molecule has 0 aliphatic carbocycles. The molecule has 1 saturated heterocycles. The van der Waals surface area contributed by atoms with Crippen molar-refractivity contribution in [2.75, 3.05) is 0 Å². The van der Waals surface area contributed by atoms with Gasteiger partial charge in [-0.2, -0.15) is 0 Å². The third-order valence-electron chi connectivity index (χ3n) is 5.36. The Hall–Kier alpha value is -4.40. The fourth-order valence-electron chi connectivity index (χ4n) is 3.75. The second-order valence-corrected chi connectivity index (χ2v) is 7.38. The van der Waals surface area contributed by atoms with E-state index in [1.54, 1.807) is 0 Å². The molecule has 9 heteroatoms. The molecule has 0 bridgehead atoms. The third kappa shape index (κ3) is 4.08. The summed E-state index contributed by atoms with van der Waals surface area (Å²) in [7, 11) is 0. The highest BCUT2D eigenvalue weighted by Crippen LogP contribution is 2.41. The van der Waals surface area contributed by atoms with E-state index in [9.17, 15) is 33.6 Å². The standard InChI is InChI=1S/C24H16F2N2O5/c25-16-9-5-14(6-10-16)13-27-21(18-3-1-2-4-19(18)26)20(23(30)24(27)31)22(29)15-7-11-17(12-8-15)28(32)33/h1-12,21,29H,13H2/b22-20+. The van der Waals surface area contributed by atoms with E-state index in [2.05, 4.69) is 0 Å². The number of likely N-dealkylation sites (tertiary alicyclic amines) is 1. The molecule has 1 heterocycles. The van der Waals surface area contributed by atoms with Crippen molar-refractivity contribution in [3.05, 3.63) is 117 Å². The number of benzene rings is 3. The molecular formula is C24H16F2N2O5. The Kier molecular flexibility index (Phi) is 5.70. The van der Waals surface area contributed by atoms with Gasteiger partial charge in [-0.15, -0.1) is 0 Å². The molecule has 1 aliphatic rings. The van der Waals surface area contributed by atoms with Gasteiger partial charge in [-0.1, -0.05) is 30.3 Å². The van der Waals surface area contributed by atoms with Crippen molar-refractivity contribution < 1.29 is 28.4 Å². The van der Waals surface area contributed by atoms with Crippen LogP contribution in [0.25, 0.3) is 5.76 Å². The Morgan fingerprint density at radius 1 is 0.970 bits per heavy atom. The molecule has 166 valence electrons. The molecule has 1 aliphatic heterocycles. The molecule has 0 saturated carbocycles. The average Bonchev–Trinajstić information content (AvgIpc) is 3.05. The monoisotopic (exact) mass is 450 g/mol. The van der Waals surface area contributed by atoms with Crippen molar-refractivity contribution in [3.8, 4) is 0 Å². The van der Waals surface area contributed by atoms with Gasteiger partial charge in [-0.25, -0.2) is 8.78 Å². The lowest BCUT2D eigenvalue weighted by atomic mass is 9.94. The summed E-state index contributed by atoms with van der Waals surface area (Å²) in [5.74, 6) is -3.75. The zero-order valence-corrected chi connectivity index (χ0v) is 16.9. The van der Waals surface area contributed by atoms with Gasteiger partial charge in [-0.05, 0) is 35.9 Å². The van der Waals surface area contributed by atoms with Crippen LogP contribution in [0.15, 0.2) is 78.4 Å². The topological polar surface area (TPSA) is 101 Å². The number of hydrogen-bond donors (Lipinski definition) is 1. The Balaban J connectivity index is 1.85. The second kappa shape index (κ2) is 8.62. The van der Waals surface area contributed by atoms with Crippen molar-refractivity contribution in [1.29, 1.82) is 0 Å². The Bertz CT molecular complexity index is 1290. The van der Waals surface area contributed by atoms with Crippen LogP contribution in [0.3, 0.4) is 0 Å². The van der Waals surface area contributed by atoms with E-state index in [1.807, 2.05) is 0 Å². The molecule has 7 nitrogen and oxygen atoms in total. The van der Waals surface area contributed by atoms with Crippen LogP contribution in [-0.4, -0.2) is 26.6 Å². The molecule has 4 rings (SSSR count). The van der Waals surface area contributed by atoms with Crippen LogP contribution in [0.5, 0.6) is 0 Å². The Morgan fingerprint density at radius 2 is 1.61 bits per heavy atom. The van der Waals surface area contributed by atoms with Gasteiger partial charge in [0.15, 0.2) is 0 Å². The zero-order valence-electron chi connectivity index (χ0n) is 16.9. The van der Waals surface area contributed by atoms with E-state index in [-0.39, 0.29) is 28.9 Å². The molecule has 33 heavy (non-hydrogen) atoms. The number of carbonyl (C=O) groups is 2. The first-order valence-corrected chi connectivity index (χ1v) is 9.80. The molecular weight excluding hydrogens is 434 g/mol. The first-order chi connectivity index (χ1) is 15.8. The first-order valence-electron chi connectivity index (χ1n) is 9.80. The van der Waals surface area contributed by atoms with Crippen molar-refractivity contribution in [3.63, 3.8) is 0 Å². The third-order valence-corrected chi connectivity index (χ3v) is 5.36. The summed E-state index contributed by atoms with van der Waals surface area (Å²) < 4.78 is 28.1. The molecule has 1 fully saturated rings. The number of Topliss-reactive ketones (excluding diaryl/α,β-unsaturated/α-hetero) is 1. The van der Waals surface area contributed by atoms with Crippen LogP contribution in [0, 0.1) is 21.7 Å². The molecule has 1 atom stereocenters. The van der Waals surface area contributed by atoms with E-state index in [0.717, 1.165) is 17.0 Å². The fraction of sp³-hybridized carbons (Fsp3) is 0.0833. The maximum absolute atomic E-state index is 14.8. The Morgan fingerprint density at radius 3 is 2.21 bits per heavy atom. The number of rotatable bonds is 5. The van der Waals surface area contributed by atoms with Gasteiger partial charge in [0.25, 0.3) is 17.4 Å². The average molecular weight is 450 g/mol. The molecule has 1 unspecified atom stereocenters. The lowest BCUT2D eigenvalue weighted by molar-refractivity contribution is -0.384. The van der Waals surface area contributed by atoms with Gasteiger partial charge in [0.05, 0.1) is 16.5 Å². The number of aliphatic hydroxyl groups is 1. The summed E-state index contributed by atoms with van der Waals surface area (Å²) in [4.78, 5) is 37.2. The molecule has 1 N–H and O–H groups in total.